The van der Waals surface area contributed by atoms with Gasteiger partial charge in [-0.2, -0.15) is 0 Å². The highest BCUT2D eigenvalue weighted by molar-refractivity contribution is 9.10. The molecule has 0 aromatic heterocycles. The van der Waals surface area contributed by atoms with Crippen molar-refractivity contribution in [1.29, 1.82) is 0 Å². The maximum Gasteiger partial charge on any atom is 0.294 e. The Morgan fingerprint density at radius 2 is 1.89 bits per heavy atom. The van der Waals surface area contributed by atoms with Gasteiger partial charge in [-0.25, -0.2) is 4.39 Å². The Kier molecular flexibility index (Phi) is 7.67. The summed E-state index contributed by atoms with van der Waals surface area (Å²) in [6, 6.07) is 18.8. The summed E-state index contributed by atoms with van der Waals surface area (Å²) in [4.78, 5) is 38.4. The summed E-state index contributed by atoms with van der Waals surface area (Å²) in [5.41, 5.74) is 3.15. The van der Waals surface area contributed by atoms with Crippen LogP contribution in [0.3, 0.4) is 0 Å². The zero-order valence-corrected chi connectivity index (χ0v) is 21.0. The maximum atomic E-state index is 13.3. The van der Waals surface area contributed by atoms with Gasteiger partial charge in [0.2, 0.25) is 5.91 Å². The number of halogens is 2. The molecule has 0 atom stereocenters. The Hall–Kier alpha value is -3.43. The van der Waals surface area contributed by atoms with Gasteiger partial charge in [-0.3, -0.25) is 19.3 Å². The van der Waals surface area contributed by atoms with Gasteiger partial charge < -0.3 is 10.1 Å². The molecule has 35 heavy (non-hydrogen) atoms. The first-order valence-electron chi connectivity index (χ1n) is 10.6. The lowest BCUT2D eigenvalue weighted by Crippen LogP contribution is -2.36. The normalized spacial score (nSPS) is 14.5. The highest BCUT2D eigenvalue weighted by atomic mass is 79.9. The fraction of sp³-hybridized carbons (Fsp3) is 0.115. The molecule has 0 unspecified atom stereocenters. The second-order valence-electron chi connectivity index (χ2n) is 7.79. The largest absolute Gasteiger partial charge is 0.488 e. The van der Waals surface area contributed by atoms with Crippen molar-refractivity contribution >= 4 is 56.5 Å². The number of aryl methyl sites for hydroxylation is 1. The molecule has 6 nitrogen and oxygen atoms in total. The van der Waals surface area contributed by atoms with Crippen molar-refractivity contribution in [3.05, 3.63) is 98.6 Å². The third-order valence-electron chi connectivity index (χ3n) is 5.05. The van der Waals surface area contributed by atoms with Crippen molar-refractivity contribution in [2.45, 2.75) is 13.5 Å². The van der Waals surface area contributed by atoms with Gasteiger partial charge in [0.1, 0.15) is 24.7 Å². The molecule has 9 heteroatoms. The van der Waals surface area contributed by atoms with Crippen LogP contribution in [0, 0.1) is 12.7 Å². The molecule has 1 fully saturated rings. The van der Waals surface area contributed by atoms with Gasteiger partial charge in [0, 0.05) is 5.69 Å². The summed E-state index contributed by atoms with van der Waals surface area (Å²) in [5, 5.41) is 1.93. The van der Waals surface area contributed by atoms with Crippen LogP contribution in [0.5, 0.6) is 5.75 Å². The van der Waals surface area contributed by atoms with Crippen LogP contribution in [0.4, 0.5) is 14.9 Å². The molecular weight excluding hydrogens is 535 g/mol. The van der Waals surface area contributed by atoms with E-state index in [4.69, 9.17) is 4.74 Å². The van der Waals surface area contributed by atoms with E-state index in [0.29, 0.717) is 22.4 Å². The number of carbonyl (C=O) groups is 3. The molecule has 0 spiro atoms. The first kappa shape index (κ1) is 24.7. The molecule has 178 valence electrons. The molecule has 1 aliphatic rings. The van der Waals surface area contributed by atoms with Gasteiger partial charge in [-0.05, 0) is 82.2 Å². The van der Waals surface area contributed by atoms with Crippen molar-refractivity contribution in [3.63, 3.8) is 0 Å². The molecule has 0 bridgehead atoms. The second-order valence-corrected chi connectivity index (χ2v) is 9.64. The quantitative estimate of drug-likeness (QED) is 0.354. The Morgan fingerprint density at radius 1 is 1.11 bits per heavy atom. The van der Waals surface area contributed by atoms with Crippen LogP contribution in [-0.4, -0.2) is 28.5 Å². The number of hydrogen-bond donors (Lipinski definition) is 1. The molecule has 0 saturated carbocycles. The van der Waals surface area contributed by atoms with E-state index in [1.165, 1.54) is 23.8 Å². The summed E-state index contributed by atoms with van der Waals surface area (Å²) in [6.45, 7) is 1.97. The molecule has 3 aromatic carbocycles. The van der Waals surface area contributed by atoms with Crippen LogP contribution < -0.4 is 10.1 Å². The predicted molar refractivity (Wildman–Crippen MR) is 137 cm³/mol. The summed E-state index contributed by atoms with van der Waals surface area (Å²) in [6.07, 6.45) is 1.59. The number of hydrogen-bond acceptors (Lipinski definition) is 5. The number of nitrogens with one attached hydrogen (secondary N) is 1. The number of thioether (sulfide) groups is 1. The van der Waals surface area contributed by atoms with Crippen LogP contribution in [0.15, 0.2) is 76.1 Å². The molecular formula is C26H20BrFN2O4S. The molecule has 0 radical (unpaired) electrons. The minimum Gasteiger partial charge on any atom is -0.488 e. The number of imide groups is 1. The number of benzene rings is 3. The third kappa shape index (κ3) is 6.37. The van der Waals surface area contributed by atoms with Crippen molar-refractivity contribution in [1.82, 2.24) is 4.90 Å². The monoisotopic (exact) mass is 554 g/mol. The van der Waals surface area contributed by atoms with E-state index in [1.54, 1.807) is 24.3 Å². The number of ether oxygens (including phenoxy) is 1. The molecule has 3 aromatic rings. The minimum atomic E-state index is -0.600. The molecule has 3 amide bonds. The summed E-state index contributed by atoms with van der Waals surface area (Å²) in [7, 11) is 0. The average molecular weight is 555 g/mol. The average Bonchev–Trinajstić information content (AvgIpc) is 3.07. The van der Waals surface area contributed by atoms with E-state index in [0.717, 1.165) is 28.3 Å². The Morgan fingerprint density at radius 3 is 2.60 bits per heavy atom. The van der Waals surface area contributed by atoms with Gasteiger partial charge in [0.05, 0.1) is 9.38 Å². The van der Waals surface area contributed by atoms with Crippen molar-refractivity contribution in [2.75, 3.05) is 11.9 Å². The lowest BCUT2D eigenvalue weighted by atomic mass is 10.1. The van der Waals surface area contributed by atoms with Crippen molar-refractivity contribution < 1.29 is 23.5 Å². The first-order chi connectivity index (χ1) is 16.8. The Bertz CT molecular complexity index is 1330. The summed E-state index contributed by atoms with van der Waals surface area (Å²) in [5.74, 6) is -1.03. The molecule has 0 aliphatic carbocycles. The van der Waals surface area contributed by atoms with E-state index in [-0.39, 0.29) is 10.6 Å². The molecule has 1 heterocycles. The maximum absolute atomic E-state index is 13.3. The van der Waals surface area contributed by atoms with E-state index in [2.05, 4.69) is 21.2 Å². The Labute approximate surface area is 214 Å². The number of amides is 3. The number of carbonyl (C=O) groups excluding carboxylic acids is 3. The lowest BCUT2D eigenvalue weighted by molar-refractivity contribution is -0.127. The Balaban J connectivity index is 1.39. The fourth-order valence-corrected chi connectivity index (χ4v) is 4.62. The van der Waals surface area contributed by atoms with Crippen LogP contribution >= 0.6 is 27.7 Å². The van der Waals surface area contributed by atoms with Crippen LogP contribution in [0.25, 0.3) is 6.08 Å². The fourth-order valence-electron chi connectivity index (χ4n) is 3.27. The lowest BCUT2D eigenvalue weighted by Gasteiger charge is -2.12. The number of anilines is 1. The SMILES string of the molecule is Cc1ccc(COc2ccc(/C=C3/SC(=O)N(CC(=O)Nc4cccc(F)c4)C3=O)cc2Br)cc1. The van der Waals surface area contributed by atoms with Crippen LogP contribution in [-0.2, 0) is 16.2 Å². The minimum absolute atomic E-state index is 0.203. The van der Waals surface area contributed by atoms with Gasteiger partial charge in [-0.15, -0.1) is 0 Å². The van der Waals surface area contributed by atoms with E-state index >= 15 is 0 Å². The number of rotatable bonds is 7. The standard InChI is InChI=1S/C26H20BrFN2O4S/c1-16-5-7-17(8-6-16)15-34-22-10-9-18(11-21(22)27)12-23-25(32)30(26(33)35-23)14-24(31)29-20-4-2-3-19(28)13-20/h2-13H,14-15H2,1H3,(H,29,31)/b23-12+. The first-order valence-corrected chi connectivity index (χ1v) is 12.2. The summed E-state index contributed by atoms with van der Waals surface area (Å²) >= 11 is 4.24. The predicted octanol–water partition coefficient (Wildman–Crippen LogP) is 6.15. The topological polar surface area (TPSA) is 75.7 Å². The second kappa shape index (κ2) is 10.9. The van der Waals surface area contributed by atoms with Gasteiger partial charge in [0.25, 0.3) is 11.1 Å². The highest BCUT2D eigenvalue weighted by Gasteiger charge is 2.36. The highest BCUT2D eigenvalue weighted by Crippen LogP contribution is 2.34. The molecule has 1 saturated heterocycles. The molecule has 1 N–H and O–H groups in total. The van der Waals surface area contributed by atoms with Gasteiger partial charge >= 0.3 is 0 Å². The van der Waals surface area contributed by atoms with E-state index < -0.39 is 29.4 Å². The smallest absolute Gasteiger partial charge is 0.294 e. The zero-order valence-electron chi connectivity index (χ0n) is 18.6. The van der Waals surface area contributed by atoms with E-state index in [1.807, 2.05) is 31.2 Å². The van der Waals surface area contributed by atoms with Crippen LogP contribution in [0.1, 0.15) is 16.7 Å². The molecule has 1 aliphatic heterocycles. The third-order valence-corrected chi connectivity index (χ3v) is 6.58. The van der Waals surface area contributed by atoms with E-state index in [9.17, 15) is 18.8 Å². The summed E-state index contributed by atoms with van der Waals surface area (Å²) < 4.78 is 19.9. The van der Waals surface area contributed by atoms with Crippen molar-refractivity contribution in [3.8, 4) is 5.75 Å². The van der Waals surface area contributed by atoms with Gasteiger partial charge in [-0.1, -0.05) is 42.0 Å². The van der Waals surface area contributed by atoms with Crippen molar-refractivity contribution in [2.24, 2.45) is 0 Å². The number of nitrogens with zero attached hydrogens (tertiary/aromatic N) is 1. The zero-order chi connectivity index (χ0) is 24.9. The van der Waals surface area contributed by atoms with Gasteiger partial charge in [0.15, 0.2) is 0 Å². The molecule has 4 rings (SSSR count). The van der Waals surface area contributed by atoms with Crippen LogP contribution in [0.2, 0.25) is 0 Å².